The molecular formula is C17H23N5O2S. The second-order valence-corrected chi connectivity index (χ2v) is 8.76. The molecule has 25 heavy (non-hydrogen) atoms. The third kappa shape index (κ3) is 4.60. The number of hydrogen-bond acceptors (Lipinski definition) is 7. The summed E-state index contributed by atoms with van der Waals surface area (Å²) in [7, 11) is 1.07. The van der Waals surface area contributed by atoms with E-state index in [1.807, 2.05) is 56.3 Å². The van der Waals surface area contributed by atoms with Crippen LogP contribution in [0.3, 0.4) is 0 Å². The van der Waals surface area contributed by atoms with Gasteiger partial charge in [-0.05, 0) is 37.6 Å². The van der Waals surface area contributed by atoms with E-state index in [4.69, 9.17) is 0 Å². The zero-order valence-electron chi connectivity index (χ0n) is 14.7. The largest absolute Gasteiger partial charge is 0.378 e. The topological polar surface area (TPSA) is 87.2 Å². The quantitative estimate of drug-likeness (QED) is 0.844. The van der Waals surface area contributed by atoms with Gasteiger partial charge in [-0.2, -0.15) is 4.98 Å². The van der Waals surface area contributed by atoms with Crippen LogP contribution in [-0.4, -0.2) is 50.0 Å². The molecule has 0 spiro atoms. The molecule has 2 N–H and O–H groups in total. The van der Waals surface area contributed by atoms with E-state index >= 15 is 0 Å². The SMILES string of the molecule is Cc1cc(NC2CCS(=O)(=O)C2)nc(Nc2ccc(N(C)C)cc2)n1. The summed E-state index contributed by atoms with van der Waals surface area (Å²) in [4.78, 5) is 10.9. The second-order valence-electron chi connectivity index (χ2n) is 6.53. The van der Waals surface area contributed by atoms with Gasteiger partial charge in [0.1, 0.15) is 5.82 Å². The third-order valence-electron chi connectivity index (χ3n) is 4.08. The van der Waals surface area contributed by atoms with Crippen LogP contribution >= 0.6 is 0 Å². The van der Waals surface area contributed by atoms with Crippen molar-refractivity contribution in [2.45, 2.75) is 19.4 Å². The highest BCUT2D eigenvalue weighted by atomic mass is 32.2. The monoisotopic (exact) mass is 361 g/mol. The minimum Gasteiger partial charge on any atom is -0.378 e. The first kappa shape index (κ1) is 17.5. The summed E-state index contributed by atoms with van der Waals surface area (Å²) in [5, 5.41) is 6.40. The van der Waals surface area contributed by atoms with Gasteiger partial charge < -0.3 is 15.5 Å². The van der Waals surface area contributed by atoms with Gasteiger partial charge in [0.05, 0.1) is 11.5 Å². The standard InChI is InChI=1S/C17H23N5O2S/c1-12-10-16(19-14-8-9-25(23,24)11-14)21-17(18-12)20-13-4-6-15(7-5-13)22(2)3/h4-7,10,14H,8-9,11H2,1-3H3,(H2,18,19,20,21). The number of benzene rings is 1. The van der Waals surface area contributed by atoms with Crippen LogP contribution in [0.2, 0.25) is 0 Å². The number of nitrogens with zero attached hydrogens (tertiary/aromatic N) is 3. The van der Waals surface area contributed by atoms with Gasteiger partial charge in [0.2, 0.25) is 5.95 Å². The molecule has 1 unspecified atom stereocenters. The smallest absolute Gasteiger partial charge is 0.229 e. The summed E-state index contributed by atoms with van der Waals surface area (Å²) in [6, 6.07) is 9.70. The van der Waals surface area contributed by atoms with Gasteiger partial charge in [-0.3, -0.25) is 0 Å². The molecule has 1 aliphatic rings. The van der Waals surface area contributed by atoms with E-state index in [9.17, 15) is 8.42 Å². The van der Waals surface area contributed by atoms with Gasteiger partial charge in [0.15, 0.2) is 9.84 Å². The Hall–Kier alpha value is -2.35. The Labute approximate surface area is 148 Å². The lowest BCUT2D eigenvalue weighted by Crippen LogP contribution is -2.21. The molecular weight excluding hydrogens is 338 g/mol. The van der Waals surface area contributed by atoms with Crippen molar-refractivity contribution in [2.75, 3.05) is 41.1 Å². The van der Waals surface area contributed by atoms with Crippen LogP contribution in [-0.2, 0) is 9.84 Å². The van der Waals surface area contributed by atoms with E-state index < -0.39 is 9.84 Å². The summed E-state index contributed by atoms with van der Waals surface area (Å²) in [6.07, 6.45) is 0.611. The molecule has 1 aliphatic heterocycles. The maximum atomic E-state index is 11.6. The maximum Gasteiger partial charge on any atom is 0.229 e. The first-order chi connectivity index (χ1) is 11.8. The summed E-state index contributed by atoms with van der Waals surface area (Å²) in [5.74, 6) is 1.52. The number of sulfone groups is 1. The lowest BCUT2D eigenvalue weighted by atomic mass is 10.2. The van der Waals surface area contributed by atoms with Crippen molar-refractivity contribution in [2.24, 2.45) is 0 Å². The van der Waals surface area contributed by atoms with Gasteiger partial charge in [-0.25, -0.2) is 13.4 Å². The average Bonchev–Trinajstić information content (AvgIpc) is 2.86. The van der Waals surface area contributed by atoms with E-state index in [-0.39, 0.29) is 17.5 Å². The molecule has 2 heterocycles. The highest BCUT2D eigenvalue weighted by Crippen LogP contribution is 2.21. The normalized spacial score (nSPS) is 18.8. The fraction of sp³-hybridized carbons (Fsp3) is 0.412. The Balaban J connectivity index is 1.73. The van der Waals surface area contributed by atoms with Crippen LogP contribution in [0.15, 0.2) is 30.3 Å². The molecule has 1 atom stereocenters. The highest BCUT2D eigenvalue weighted by Gasteiger charge is 2.28. The number of anilines is 4. The molecule has 8 heteroatoms. The number of rotatable bonds is 5. The van der Waals surface area contributed by atoms with Crippen molar-refractivity contribution < 1.29 is 8.42 Å². The first-order valence-electron chi connectivity index (χ1n) is 8.18. The molecule has 7 nitrogen and oxygen atoms in total. The third-order valence-corrected chi connectivity index (χ3v) is 5.85. The molecule has 0 aliphatic carbocycles. The van der Waals surface area contributed by atoms with Crippen LogP contribution in [0.5, 0.6) is 0 Å². The van der Waals surface area contributed by atoms with E-state index in [0.717, 1.165) is 17.1 Å². The van der Waals surface area contributed by atoms with Crippen molar-refractivity contribution in [3.05, 3.63) is 36.0 Å². The van der Waals surface area contributed by atoms with Gasteiger partial charge in [-0.1, -0.05) is 0 Å². The van der Waals surface area contributed by atoms with Crippen molar-refractivity contribution >= 4 is 33.0 Å². The first-order valence-corrected chi connectivity index (χ1v) is 10.00. The zero-order chi connectivity index (χ0) is 18.0. The van der Waals surface area contributed by atoms with E-state index in [0.29, 0.717) is 18.2 Å². The van der Waals surface area contributed by atoms with Crippen LogP contribution in [0.4, 0.5) is 23.1 Å². The van der Waals surface area contributed by atoms with Crippen LogP contribution in [0.1, 0.15) is 12.1 Å². The van der Waals surface area contributed by atoms with Gasteiger partial charge in [-0.15, -0.1) is 0 Å². The Morgan fingerprint density at radius 1 is 1.16 bits per heavy atom. The molecule has 134 valence electrons. The van der Waals surface area contributed by atoms with E-state index in [2.05, 4.69) is 20.6 Å². The number of aryl methyl sites for hydroxylation is 1. The van der Waals surface area contributed by atoms with Crippen LogP contribution < -0.4 is 15.5 Å². The molecule has 0 bridgehead atoms. The van der Waals surface area contributed by atoms with Gasteiger partial charge in [0.25, 0.3) is 0 Å². The van der Waals surface area contributed by atoms with E-state index in [1.165, 1.54) is 0 Å². The Morgan fingerprint density at radius 2 is 1.88 bits per heavy atom. The fourth-order valence-electron chi connectivity index (χ4n) is 2.79. The Kier molecular flexibility index (Phi) is 4.80. The van der Waals surface area contributed by atoms with E-state index in [1.54, 1.807) is 0 Å². The molecule has 0 saturated carbocycles. The summed E-state index contributed by atoms with van der Waals surface area (Å²) < 4.78 is 23.2. The molecule has 0 radical (unpaired) electrons. The lowest BCUT2D eigenvalue weighted by molar-refractivity contribution is 0.602. The zero-order valence-corrected chi connectivity index (χ0v) is 15.5. The second kappa shape index (κ2) is 6.87. The molecule has 1 aromatic carbocycles. The van der Waals surface area contributed by atoms with Crippen molar-refractivity contribution in [3.8, 4) is 0 Å². The predicted octanol–water partition coefficient (Wildman–Crippen LogP) is 2.19. The Morgan fingerprint density at radius 3 is 2.48 bits per heavy atom. The highest BCUT2D eigenvalue weighted by molar-refractivity contribution is 7.91. The average molecular weight is 361 g/mol. The summed E-state index contributed by atoms with van der Waals surface area (Å²) in [5.41, 5.74) is 2.82. The maximum absolute atomic E-state index is 11.6. The fourth-order valence-corrected chi connectivity index (χ4v) is 4.46. The van der Waals surface area contributed by atoms with Crippen molar-refractivity contribution in [1.29, 1.82) is 0 Å². The van der Waals surface area contributed by atoms with Gasteiger partial charge in [0, 0.05) is 43.3 Å². The molecule has 2 aromatic rings. The van der Waals surface area contributed by atoms with Crippen molar-refractivity contribution in [1.82, 2.24) is 9.97 Å². The molecule has 3 rings (SSSR count). The van der Waals surface area contributed by atoms with Crippen molar-refractivity contribution in [3.63, 3.8) is 0 Å². The van der Waals surface area contributed by atoms with Gasteiger partial charge >= 0.3 is 0 Å². The lowest BCUT2D eigenvalue weighted by Gasteiger charge is -2.15. The molecule has 0 amide bonds. The minimum atomic E-state index is -2.92. The predicted molar refractivity (Wildman–Crippen MR) is 102 cm³/mol. The number of hydrogen-bond donors (Lipinski definition) is 2. The number of nitrogens with one attached hydrogen (secondary N) is 2. The van der Waals surface area contributed by atoms with Crippen LogP contribution in [0, 0.1) is 6.92 Å². The molecule has 1 aromatic heterocycles. The molecule has 1 fully saturated rings. The number of aromatic nitrogens is 2. The summed E-state index contributed by atoms with van der Waals surface area (Å²) in [6.45, 7) is 1.89. The summed E-state index contributed by atoms with van der Waals surface area (Å²) >= 11 is 0. The Bertz CT molecular complexity index is 850. The van der Waals surface area contributed by atoms with Crippen LogP contribution in [0.25, 0.3) is 0 Å². The molecule has 1 saturated heterocycles. The minimum absolute atomic E-state index is 0.0912.